The molecule has 0 bridgehead atoms. The van der Waals surface area contributed by atoms with Crippen LogP contribution in [0, 0.1) is 0 Å². The molecule has 0 aromatic heterocycles. The Morgan fingerprint density at radius 3 is 2.25 bits per heavy atom. The maximum absolute atomic E-state index is 11.9. The lowest BCUT2D eigenvalue weighted by molar-refractivity contribution is 0.0612. The minimum atomic E-state index is -0.267. The summed E-state index contributed by atoms with van der Waals surface area (Å²) in [4.78, 5) is 19.4. The average molecular weight is 553 g/mol. The van der Waals surface area contributed by atoms with Crippen molar-refractivity contribution in [2.75, 3.05) is 49.5 Å². The van der Waals surface area contributed by atoms with Crippen molar-refractivity contribution in [1.82, 2.24) is 15.1 Å². The molecule has 1 atom stereocenters. The molecular formula is C27H36Cl3N5O. The Kier molecular flexibility index (Phi) is 9.65. The van der Waals surface area contributed by atoms with E-state index in [1.165, 1.54) is 18.4 Å². The van der Waals surface area contributed by atoms with Crippen LogP contribution in [0.5, 0.6) is 0 Å². The molecule has 2 heterocycles. The van der Waals surface area contributed by atoms with Crippen LogP contribution in [0.3, 0.4) is 0 Å². The Morgan fingerprint density at radius 2 is 1.64 bits per heavy atom. The van der Waals surface area contributed by atoms with Crippen LogP contribution in [0.2, 0.25) is 15.1 Å². The van der Waals surface area contributed by atoms with E-state index in [0.29, 0.717) is 34.4 Å². The van der Waals surface area contributed by atoms with E-state index in [2.05, 4.69) is 44.4 Å². The largest absolute Gasteiger partial charge is 0.366 e. The number of nitrogens with one attached hydrogen (secondary N) is 2. The van der Waals surface area contributed by atoms with Gasteiger partial charge < -0.3 is 15.5 Å². The summed E-state index contributed by atoms with van der Waals surface area (Å²) in [7, 11) is 0. The molecule has 2 aromatic rings. The highest BCUT2D eigenvalue weighted by Crippen LogP contribution is 2.38. The number of amides is 2. The summed E-state index contributed by atoms with van der Waals surface area (Å²) in [6.45, 7) is 10.7. The van der Waals surface area contributed by atoms with Crippen LogP contribution >= 0.6 is 34.8 Å². The number of rotatable bonds is 7. The summed E-state index contributed by atoms with van der Waals surface area (Å²) in [5.74, 6) is 0. The molecule has 4 rings (SSSR count). The van der Waals surface area contributed by atoms with Crippen molar-refractivity contribution in [3.63, 3.8) is 0 Å². The summed E-state index contributed by atoms with van der Waals surface area (Å²) < 4.78 is 0. The van der Waals surface area contributed by atoms with Gasteiger partial charge in [0.1, 0.15) is 0 Å². The van der Waals surface area contributed by atoms with Crippen LogP contribution < -0.4 is 15.5 Å². The van der Waals surface area contributed by atoms with Crippen molar-refractivity contribution in [2.45, 2.75) is 51.7 Å². The molecular weight excluding hydrogens is 517 g/mol. The van der Waals surface area contributed by atoms with E-state index in [-0.39, 0.29) is 6.03 Å². The highest BCUT2D eigenvalue weighted by atomic mass is 35.5. The van der Waals surface area contributed by atoms with Crippen molar-refractivity contribution < 1.29 is 4.79 Å². The van der Waals surface area contributed by atoms with Gasteiger partial charge in [-0.25, -0.2) is 4.79 Å². The second-order valence-corrected chi connectivity index (χ2v) is 10.9. The number of carbonyl (C=O) groups excluding carboxylic acids is 1. The number of piperidine rings is 1. The standard InChI is InChI=1S/C27H36Cl3N5O/c1-3-22-18-34(26-24(29)15-21(16-25(26)30)32-27(36)31-4-2)13-14-35(22)23-9-11-33(12-10-23)17-19-5-7-20(28)8-6-19/h5-8,15-16,22-23H,3-4,9-14,17-18H2,1-2H3,(H2,31,32,36)/t22-/m0/s1. The van der Waals surface area contributed by atoms with Gasteiger partial charge in [-0.15, -0.1) is 0 Å². The van der Waals surface area contributed by atoms with Gasteiger partial charge in [-0.05, 0) is 69.1 Å². The van der Waals surface area contributed by atoms with Crippen molar-refractivity contribution in [3.05, 3.63) is 57.0 Å². The van der Waals surface area contributed by atoms with Crippen LogP contribution in [0.25, 0.3) is 0 Å². The molecule has 0 aliphatic carbocycles. The van der Waals surface area contributed by atoms with Crippen molar-refractivity contribution in [1.29, 1.82) is 0 Å². The quantitative estimate of drug-likeness (QED) is 0.420. The Morgan fingerprint density at radius 1 is 0.972 bits per heavy atom. The third-order valence-electron chi connectivity index (χ3n) is 7.27. The van der Waals surface area contributed by atoms with Crippen molar-refractivity contribution in [3.8, 4) is 0 Å². The third kappa shape index (κ3) is 6.78. The first-order valence-corrected chi connectivity index (χ1v) is 14.0. The molecule has 2 fully saturated rings. The number of urea groups is 1. The summed E-state index contributed by atoms with van der Waals surface area (Å²) in [5.41, 5.74) is 2.77. The Hall–Kier alpha value is -1.70. The van der Waals surface area contributed by atoms with Crippen LogP contribution in [-0.2, 0) is 6.54 Å². The van der Waals surface area contributed by atoms with Gasteiger partial charge in [0.2, 0.25) is 0 Å². The number of benzene rings is 2. The van der Waals surface area contributed by atoms with Gasteiger partial charge >= 0.3 is 6.03 Å². The number of hydrogen-bond donors (Lipinski definition) is 2. The molecule has 0 saturated carbocycles. The minimum absolute atomic E-state index is 0.267. The summed E-state index contributed by atoms with van der Waals surface area (Å²) in [6, 6.07) is 12.5. The van der Waals surface area contributed by atoms with E-state index in [1.807, 2.05) is 19.1 Å². The summed E-state index contributed by atoms with van der Waals surface area (Å²) >= 11 is 19.4. The van der Waals surface area contributed by atoms with E-state index >= 15 is 0 Å². The molecule has 6 nitrogen and oxygen atoms in total. The van der Waals surface area contributed by atoms with E-state index in [4.69, 9.17) is 34.8 Å². The smallest absolute Gasteiger partial charge is 0.319 e. The molecule has 0 unspecified atom stereocenters. The number of likely N-dealkylation sites (tertiary alicyclic amines) is 1. The number of hydrogen-bond acceptors (Lipinski definition) is 4. The first-order chi connectivity index (χ1) is 17.4. The minimum Gasteiger partial charge on any atom is -0.366 e. The molecule has 2 aliphatic rings. The zero-order valence-corrected chi connectivity index (χ0v) is 23.3. The van der Waals surface area contributed by atoms with E-state index in [1.54, 1.807) is 12.1 Å². The summed E-state index contributed by atoms with van der Waals surface area (Å²) in [5, 5.41) is 7.42. The number of halogens is 3. The topological polar surface area (TPSA) is 50.9 Å². The molecule has 2 N–H and O–H groups in total. The Labute approximate surface area is 229 Å². The molecule has 2 saturated heterocycles. The lowest BCUT2D eigenvalue weighted by Crippen LogP contribution is -2.58. The third-order valence-corrected chi connectivity index (χ3v) is 8.10. The molecule has 36 heavy (non-hydrogen) atoms. The second-order valence-electron chi connectivity index (χ2n) is 9.65. The van der Waals surface area contributed by atoms with E-state index in [9.17, 15) is 4.79 Å². The monoisotopic (exact) mass is 551 g/mol. The van der Waals surface area contributed by atoms with Gasteiger partial charge in [-0.1, -0.05) is 53.9 Å². The lowest BCUT2D eigenvalue weighted by atomic mass is 9.97. The molecule has 2 amide bonds. The van der Waals surface area contributed by atoms with Gasteiger partial charge in [0.25, 0.3) is 0 Å². The maximum atomic E-state index is 11.9. The fourth-order valence-electron chi connectivity index (χ4n) is 5.45. The van der Waals surface area contributed by atoms with Gasteiger partial charge in [0.05, 0.1) is 15.7 Å². The predicted molar refractivity (Wildman–Crippen MR) is 152 cm³/mol. The number of anilines is 2. The molecule has 2 aliphatic heterocycles. The van der Waals surface area contributed by atoms with Crippen LogP contribution in [0.4, 0.5) is 16.2 Å². The van der Waals surface area contributed by atoms with Gasteiger partial charge in [-0.2, -0.15) is 0 Å². The predicted octanol–water partition coefficient (Wildman–Crippen LogP) is 6.35. The zero-order valence-electron chi connectivity index (χ0n) is 21.1. The zero-order chi connectivity index (χ0) is 25.7. The van der Waals surface area contributed by atoms with Gasteiger partial charge in [-0.3, -0.25) is 9.80 Å². The van der Waals surface area contributed by atoms with Crippen LogP contribution in [0.15, 0.2) is 36.4 Å². The number of carbonyl (C=O) groups is 1. The highest BCUT2D eigenvalue weighted by molar-refractivity contribution is 6.39. The molecule has 0 spiro atoms. The first-order valence-electron chi connectivity index (χ1n) is 12.9. The fourth-order valence-corrected chi connectivity index (χ4v) is 6.30. The van der Waals surface area contributed by atoms with Crippen LogP contribution in [-0.4, -0.2) is 67.2 Å². The molecule has 2 aromatic carbocycles. The fraction of sp³-hybridized carbons (Fsp3) is 0.519. The number of nitrogens with zero attached hydrogens (tertiary/aromatic N) is 3. The van der Waals surface area contributed by atoms with E-state index < -0.39 is 0 Å². The number of piperazine rings is 1. The summed E-state index contributed by atoms with van der Waals surface area (Å²) in [6.07, 6.45) is 3.45. The first kappa shape index (κ1) is 27.3. The van der Waals surface area contributed by atoms with Crippen molar-refractivity contribution >= 4 is 52.2 Å². The molecule has 9 heteroatoms. The SMILES string of the molecule is CCNC(=O)Nc1cc(Cl)c(N2CCN(C3CCN(Cc4ccc(Cl)cc4)CC3)[C@@H](CC)C2)c(Cl)c1. The van der Waals surface area contributed by atoms with Gasteiger partial charge in [0, 0.05) is 55.5 Å². The van der Waals surface area contributed by atoms with Crippen LogP contribution in [0.1, 0.15) is 38.7 Å². The Balaban J connectivity index is 1.35. The second kappa shape index (κ2) is 12.7. The van der Waals surface area contributed by atoms with Gasteiger partial charge in [0.15, 0.2) is 0 Å². The highest BCUT2D eigenvalue weighted by Gasteiger charge is 2.34. The molecule has 0 radical (unpaired) electrons. The van der Waals surface area contributed by atoms with Crippen molar-refractivity contribution in [2.24, 2.45) is 0 Å². The molecule has 196 valence electrons. The average Bonchev–Trinajstić information content (AvgIpc) is 2.85. The normalized spacial score (nSPS) is 19.9. The maximum Gasteiger partial charge on any atom is 0.319 e. The van der Waals surface area contributed by atoms with E-state index in [0.717, 1.165) is 56.4 Å². The lowest BCUT2D eigenvalue weighted by Gasteiger charge is -2.48. The Bertz CT molecular complexity index is 1000.